The molecule has 2 bridgehead atoms. The molecule has 30 heavy (non-hydrogen) atoms. The van der Waals surface area contributed by atoms with Crippen molar-refractivity contribution in [1.29, 1.82) is 0 Å². The van der Waals surface area contributed by atoms with E-state index in [-0.39, 0.29) is 23.6 Å². The molecule has 2 fully saturated rings. The van der Waals surface area contributed by atoms with Crippen LogP contribution in [0.1, 0.15) is 20.8 Å². The maximum Gasteiger partial charge on any atom is 0.335 e. The van der Waals surface area contributed by atoms with Crippen LogP contribution in [0.15, 0.2) is 35.4 Å². The first-order valence-electron chi connectivity index (χ1n) is 9.45. The number of nitrogens with one attached hydrogen (secondary N) is 1. The van der Waals surface area contributed by atoms with Gasteiger partial charge in [0, 0.05) is 6.07 Å². The third-order valence-electron chi connectivity index (χ3n) is 6.15. The summed E-state index contributed by atoms with van der Waals surface area (Å²) in [6, 6.07) is 5.63. The zero-order chi connectivity index (χ0) is 22.0. The van der Waals surface area contributed by atoms with Crippen molar-refractivity contribution in [2.24, 2.45) is 17.3 Å². The first-order chi connectivity index (χ1) is 14.2. The average molecular weight is 416 g/mol. The van der Waals surface area contributed by atoms with Gasteiger partial charge in [-0.3, -0.25) is 14.4 Å². The molecular weight excluding hydrogens is 396 g/mol. The van der Waals surface area contributed by atoms with Crippen LogP contribution in [0.4, 0.5) is 11.4 Å². The van der Waals surface area contributed by atoms with Gasteiger partial charge in [-0.05, 0) is 32.4 Å². The van der Waals surface area contributed by atoms with E-state index in [4.69, 9.17) is 9.47 Å². The predicted molar refractivity (Wildman–Crippen MR) is 99.0 cm³/mol. The second-order valence-corrected chi connectivity index (χ2v) is 7.64. The molecule has 2 N–H and O–H groups in total. The van der Waals surface area contributed by atoms with Crippen molar-refractivity contribution in [3.63, 3.8) is 0 Å². The summed E-state index contributed by atoms with van der Waals surface area (Å²) < 4.78 is 10.5. The first-order valence-corrected chi connectivity index (χ1v) is 9.45. The summed E-state index contributed by atoms with van der Waals surface area (Å²) in [7, 11) is 0. The minimum atomic E-state index is -1.71. The van der Waals surface area contributed by atoms with Crippen molar-refractivity contribution in [2.75, 3.05) is 11.5 Å². The number of para-hydroxylation sites is 2. The highest BCUT2D eigenvalue weighted by atomic mass is 16.8. The molecule has 5 atom stereocenters. The summed E-state index contributed by atoms with van der Waals surface area (Å²) >= 11 is 0. The molecule has 1 aromatic rings. The van der Waals surface area contributed by atoms with Gasteiger partial charge in [-0.1, -0.05) is 12.1 Å². The number of esters is 2. The molecule has 1 aromatic carbocycles. The Kier molecular flexibility index (Phi) is 4.53. The Hall–Kier alpha value is -3.08. The van der Waals surface area contributed by atoms with E-state index >= 15 is 0 Å². The van der Waals surface area contributed by atoms with E-state index in [0.29, 0.717) is 5.57 Å². The zero-order valence-electron chi connectivity index (χ0n) is 16.5. The Balaban J connectivity index is 1.87. The van der Waals surface area contributed by atoms with Gasteiger partial charge in [0.25, 0.3) is 0 Å². The van der Waals surface area contributed by atoms with Gasteiger partial charge in [-0.25, -0.2) is 14.9 Å². The third kappa shape index (κ3) is 2.41. The molecular formula is C20H20N2O8. The number of hydrogen-bond acceptors (Lipinski definition) is 8. The van der Waals surface area contributed by atoms with Crippen LogP contribution in [-0.2, 0) is 28.7 Å². The van der Waals surface area contributed by atoms with Crippen molar-refractivity contribution in [3.05, 3.63) is 40.6 Å². The molecule has 0 saturated carbocycles. The fraction of sp³-hybridized carbons (Fsp3) is 0.400. The molecule has 2 saturated heterocycles. The van der Waals surface area contributed by atoms with Gasteiger partial charge in [0.15, 0.2) is 5.69 Å². The number of carbonyl (C=O) groups is 4. The fourth-order valence-corrected chi connectivity index (χ4v) is 4.87. The quantitative estimate of drug-likeness (QED) is 0.398. The Morgan fingerprint density at radius 2 is 1.97 bits per heavy atom. The summed E-state index contributed by atoms with van der Waals surface area (Å²) in [5.41, 5.74) is -1.62. The van der Waals surface area contributed by atoms with E-state index in [9.17, 15) is 29.6 Å². The smallest absolute Gasteiger partial charge is 0.335 e. The average Bonchev–Trinajstić information content (AvgIpc) is 2.96. The Morgan fingerprint density at radius 3 is 2.60 bits per heavy atom. The van der Waals surface area contributed by atoms with Gasteiger partial charge < -0.3 is 14.7 Å². The largest absolute Gasteiger partial charge is 0.595 e. The van der Waals surface area contributed by atoms with Crippen LogP contribution >= 0.6 is 0 Å². The van der Waals surface area contributed by atoms with Crippen molar-refractivity contribution in [2.45, 2.75) is 26.9 Å². The van der Waals surface area contributed by atoms with E-state index < -0.39 is 52.3 Å². The SMILES string of the molecule is CCOC(=O)C1=C(C)C2OC(=O)C1(C)C1C(=O)N(c3ccccc3[NH+]([O-])O)C(=O)C21. The summed E-state index contributed by atoms with van der Waals surface area (Å²) in [5.74, 6) is -5.15. The number of anilines is 1. The van der Waals surface area contributed by atoms with Gasteiger partial charge >= 0.3 is 11.9 Å². The fourth-order valence-electron chi connectivity index (χ4n) is 4.87. The molecule has 3 aliphatic heterocycles. The van der Waals surface area contributed by atoms with Gasteiger partial charge in [-0.2, -0.15) is 5.23 Å². The van der Waals surface area contributed by atoms with E-state index in [0.717, 1.165) is 4.90 Å². The molecule has 0 radical (unpaired) electrons. The van der Waals surface area contributed by atoms with Crippen molar-refractivity contribution < 1.29 is 39.1 Å². The second kappa shape index (κ2) is 6.73. The Morgan fingerprint density at radius 1 is 1.30 bits per heavy atom. The molecule has 3 heterocycles. The molecule has 10 heteroatoms. The van der Waals surface area contributed by atoms with Crippen LogP contribution in [0.25, 0.3) is 0 Å². The Labute approximate surface area is 171 Å². The number of ether oxygens (including phenoxy) is 2. The lowest BCUT2D eigenvalue weighted by Gasteiger charge is -2.48. The van der Waals surface area contributed by atoms with Crippen molar-refractivity contribution >= 4 is 35.1 Å². The van der Waals surface area contributed by atoms with Gasteiger partial charge in [0.05, 0.1) is 24.0 Å². The van der Waals surface area contributed by atoms with Gasteiger partial charge in [0.2, 0.25) is 11.8 Å². The normalized spacial score (nSPS) is 31.0. The molecule has 4 aliphatic rings. The lowest BCUT2D eigenvalue weighted by atomic mass is 9.57. The summed E-state index contributed by atoms with van der Waals surface area (Å²) in [5, 5.41) is 19.8. The van der Waals surface area contributed by atoms with Crippen LogP contribution in [0, 0.1) is 22.5 Å². The number of carbonyl (C=O) groups excluding carboxylic acids is 4. The van der Waals surface area contributed by atoms with Crippen molar-refractivity contribution in [3.8, 4) is 0 Å². The molecule has 0 aromatic heterocycles. The number of quaternary nitrogens is 1. The van der Waals surface area contributed by atoms with Gasteiger partial charge in [-0.15, -0.1) is 0 Å². The van der Waals surface area contributed by atoms with Crippen LogP contribution in [0.2, 0.25) is 0 Å². The summed E-state index contributed by atoms with van der Waals surface area (Å²) in [6.07, 6.45) is -1.10. The van der Waals surface area contributed by atoms with Crippen molar-refractivity contribution in [1.82, 2.24) is 0 Å². The molecule has 0 spiro atoms. The topological polar surface area (TPSA) is 138 Å². The molecule has 10 nitrogen and oxygen atoms in total. The highest BCUT2D eigenvalue weighted by Crippen LogP contribution is 2.58. The van der Waals surface area contributed by atoms with E-state index in [1.165, 1.54) is 31.2 Å². The lowest BCUT2D eigenvalue weighted by molar-refractivity contribution is -0.990. The Bertz CT molecular complexity index is 1020. The molecule has 5 rings (SSSR count). The predicted octanol–water partition coefficient (Wildman–Crippen LogP) is 0.0205. The van der Waals surface area contributed by atoms with Crippen LogP contribution in [0.5, 0.6) is 0 Å². The highest BCUT2D eigenvalue weighted by Gasteiger charge is 2.71. The standard InChI is InChI=1S/C20H20N2O8/c1-4-29-18(25)13-9(2)15-12-14(20(13,3)19(26)30-15)17(24)21(16(12)23)10-7-5-6-8-11(10)22(27)28/h5-8,12,14-15,22,27H,4H2,1-3H3. The number of fused-ring (bicyclic) bond motifs is 1. The second-order valence-electron chi connectivity index (χ2n) is 7.64. The third-order valence-corrected chi connectivity index (χ3v) is 6.15. The van der Waals surface area contributed by atoms with E-state index in [1.807, 2.05) is 0 Å². The molecule has 5 unspecified atom stereocenters. The highest BCUT2D eigenvalue weighted by molar-refractivity contribution is 6.26. The number of nitrogens with zero attached hydrogens (tertiary/aromatic N) is 1. The molecule has 1 aliphatic carbocycles. The van der Waals surface area contributed by atoms with E-state index in [1.54, 1.807) is 13.8 Å². The number of rotatable bonds is 4. The minimum Gasteiger partial charge on any atom is -0.595 e. The lowest BCUT2D eigenvalue weighted by Crippen LogP contribution is -2.99. The van der Waals surface area contributed by atoms with Gasteiger partial charge in [0.1, 0.15) is 17.2 Å². The molecule has 2 amide bonds. The monoisotopic (exact) mass is 416 g/mol. The van der Waals surface area contributed by atoms with Crippen LogP contribution in [-0.4, -0.2) is 41.7 Å². The minimum absolute atomic E-state index is 0.0290. The van der Waals surface area contributed by atoms with E-state index in [2.05, 4.69) is 0 Å². The van der Waals surface area contributed by atoms with Crippen LogP contribution < -0.4 is 10.1 Å². The summed E-state index contributed by atoms with van der Waals surface area (Å²) in [4.78, 5) is 53.0. The van der Waals surface area contributed by atoms with Crippen LogP contribution in [0.3, 0.4) is 0 Å². The number of imide groups is 1. The number of amides is 2. The maximum atomic E-state index is 13.4. The zero-order valence-corrected chi connectivity index (χ0v) is 16.5. The first kappa shape index (κ1) is 20.2. The number of benzene rings is 1. The maximum absolute atomic E-state index is 13.4. The summed E-state index contributed by atoms with van der Waals surface area (Å²) in [6.45, 7) is 4.66. The number of hydrogen-bond donors (Lipinski definition) is 2. The molecule has 158 valence electrons.